The standard InChI is InChI=1S/C14H18ClNO4S/c1-10-6-7-11(15)8-13(10)21(19,20)16(9-14(17)18)12-4-2-3-5-12/h6-8,12H,2-5,9H2,1H3,(H,17,18). The van der Waals surface area contributed by atoms with E-state index in [-0.39, 0.29) is 10.9 Å². The van der Waals surface area contributed by atoms with Gasteiger partial charge in [0.05, 0.1) is 4.90 Å². The molecule has 0 heterocycles. The van der Waals surface area contributed by atoms with Crippen LogP contribution in [0.25, 0.3) is 0 Å². The Hall–Kier alpha value is -1.11. The number of halogens is 1. The molecule has 1 N–H and O–H groups in total. The third kappa shape index (κ3) is 3.56. The molecule has 0 unspecified atom stereocenters. The molecule has 0 saturated heterocycles. The molecule has 7 heteroatoms. The Bertz CT molecular complexity index is 638. The lowest BCUT2D eigenvalue weighted by atomic mass is 10.2. The SMILES string of the molecule is Cc1ccc(Cl)cc1S(=O)(=O)N(CC(=O)O)C1CCCC1. The number of benzene rings is 1. The van der Waals surface area contributed by atoms with Gasteiger partial charge in [-0.2, -0.15) is 4.31 Å². The van der Waals surface area contributed by atoms with E-state index >= 15 is 0 Å². The molecule has 0 amide bonds. The molecule has 2 rings (SSSR count). The molecule has 116 valence electrons. The van der Waals surface area contributed by atoms with Gasteiger partial charge in [-0.3, -0.25) is 4.79 Å². The highest BCUT2D eigenvalue weighted by Crippen LogP contribution is 2.30. The van der Waals surface area contributed by atoms with Gasteiger partial charge in [0.15, 0.2) is 0 Å². The number of carboxylic acids is 1. The summed E-state index contributed by atoms with van der Waals surface area (Å²) in [5, 5.41) is 9.37. The molecular formula is C14H18ClNO4S. The van der Waals surface area contributed by atoms with Gasteiger partial charge in [-0.15, -0.1) is 0 Å². The maximum Gasteiger partial charge on any atom is 0.318 e. The average Bonchev–Trinajstić information content (AvgIpc) is 2.92. The summed E-state index contributed by atoms with van der Waals surface area (Å²) in [6.07, 6.45) is 3.24. The maximum atomic E-state index is 12.8. The minimum atomic E-state index is -3.86. The van der Waals surface area contributed by atoms with Gasteiger partial charge in [-0.05, 0) is 37.5 Å². The van der Waals surface area contributed by atoms with Crippen LogP contribution in [-0.2, 0) is 14.8 Å². The molecule has 1 aliphatic rings. The molecule has 1 aromatic carbocycles. The molecule has 21 heavy (non-hydrogen) atoms. The third-order valence-electron chi connectivity index (χ3n) is 3.76. The van der Waals surface area contributed by atoms with Crippen LogP contribution in [0.4, 0.5) is 0 Å². The van der Waals surface area contributed by atoms with Crippen molar-refractivity contribution in [2.45, 2.75) is 43.5 Å². The molecule has 0 aromatic heterocycles. The first-order chi connectivity index (χ1) is 9.82. The van der Waals surface area contributed by atoms with E-state index in [1.54, 1.807) is 19.1 Å². The second kappa shape index (κ2) is 6.34. The van der Waals surface area contributed by atoms with Crippen LogP contribution in [0.5, 0.6) is 0 Å². The first-order valence-corrected chi connectivity index (χ1v) is 8.64. The Morgan fingerprint density at radius 1 is 1.38 bits per heavy atom. The Morgan fingerprint density at radius 3 is 2.57 bits per heavy atom. The van der Waals surface area contributed by atoms with Gasteiger partial charge >= 0.3 is 5.97 Å². The van der Waals surface area contributed by atoms with E-state index in [0.29, 0.717) is 23.4 Å². The number of aryl methyl sites for hydroxylation is 1. The second-order valence-corrected chi connectivity index (χ2v) is 7.59. The van der Waals surface area contributed by atoms with Crippen molar-refractivity contribution in [3.8, 4) is 0 Å². The molecule has 1 saturated carbocycles. The van der Waals surface area contributed by atoms with Crippen LogP contribution in [-0.4, -0.2) is 36.4 Å². The van der Waals surface area contributed by atoms with Gasteiger partial charge in [0, 0.05) is 11.1 Å². The highest BCUT2D eigenvalue weighted by atomic mass is 35.5. The van der Waals surface area contributed by atoms with E-state index in [4.69, 9.17) is 16.7 Å². The fourth-order valence-corrected chi connectivity index (χ4v) is 4.84. The predicted molar refractivity (Wildman–Crippen MR) is 80.0 cm³/mol. The monoisotopic (exact) mass is 331 g/mol. The topological polar surface area (TPSA) is 74.7 Å². The van der Waals surface area contributed by atoms with Crippen LogP contribution in [0.15, 0.2) is 23.1 Å². The molecular weight excluding hydrogens is 314 g/mol. The maximum absolute atomic E-state index is 12.8. The molecule has 0 spiro atoms. The lowest BCUT2D eigenvalue weighted by Crippen LogP contribution is -2.42. The number of sulfonamides is 1. The van der Waals surface area contributed by atoms with Crippen LogP contribution >= 0.6 is 11.6 Å². The van der Waals surface area contributed by atoms with Crippen molar-refractivity contribution < 1.29 is 18.3 Å². The highest BCUT2D eigenvalue weighted by Gasteiger charge is 2.35. The van der Waals surface area contributed by atoms with Crippen LogP contribution in [0, 0.1) is 6.92 Å². The smallest absolute Gasteiger partial charge is 0.318 e. The zero-order chi connectivity index (χ0) is 15.6. The van der Waals surface area contributed by atoms with Crippen molar-refractivity contribution in [3.05, 3.63) is 28.8 Å². The van der Waals surface area contributed by atoms with Gasteiger partial charge in [0.25, 0.3) is 0 Å². The largest absolute Gasteiger partial charge is 0.480 e. The molecule has 5 nitrogen and oxygen atoms in total. The van der Waals surface area contributed by atoms with Crippen molar-refractivity contribution in [3.63, 3.8) is 0 Å². The van der Waals surface area contributed by atoms with E-state index in [1.807, 2.05) is 0 Å². The van der Waals surface area contributed by atoms with E-state index < -0.39 is 22.5 Å². The summed E-state index contributed by atoms with van der Waals surface area (Å²) >= 11 is 5.89. The summed E-state index contributed by atoms with van der Waals surface area (Å²) in [4.78, 5) is 11.2. The van der Waals surface area contributed by atoms with E-state index in [1.165, 1.54) is 6.07 Å². The Balaban J connectivity index is 2.45. The zero-order valence-electron chi connectivity index (χ0n) is 11.8. The van der Waals surface area contributed by atoms with Crippen LogP contribution in [0.1, 0.15) is 31.2 Å². The summed E-state index contributed by atoms with van der Waals surface area (Å²) in [5.41, 5.74) is 0.563. The molecule has 1 aromatic rings. The van der Waals surface area contributed by atoms with Crippen molar-refractivity contribution >= 4 is 27.6 Å². The predicted octanol–water partition coefficient (Wildman–Crippen LogP) is 2.67. The summed E-state index contributed by atoms with van der Waals surface area (Å²) in [5.74, 6) is -1.15. The highest BCUT2D eigenvalue weighted by molar-refractivity contribution is 7.89. The van der Waals surface area contributed by atoms with E-state index in [2.05, 4.69) is 0 Å². The quantitative estimate of drug-likeness (QED) is 0.900. The number of nitrogens with zero attached hydrogens (tertiary/aromatic N) is 1. The molecule has 1 fully saturated rings. The second-order valence-electron chi connectivity index (χ2n) is 5.29. The van der Waals surface area contributed by atoms with Crippen molar-refractivity contribution in [2.75, 3.05) is 6.54 Å². The minimum Gasteiger partial charge on any atom is -0.480 e. The fourth-order valence-electron chi connectivity index (χ4n) is 2.71. The number of rotatable bonds is 5. The number of carboxylic acid groups (broad SMARTS) is 1. The third-order valence-corrected chi connectivity index (χ3v) is 6.04. The van der Waals surface area contributed by atoms with Crippen LogP contribution in [0.3, 0.4) is 0 Å². The van der Waals surface area contributed by atoms with E-state index in [9.17, 15) is 13.2 Å². The first kappa shape index (κ1) is 16.3. The van der Waals surface area contributed by atoms with Crippen molar-refractivity contribution in [1.29, 1.82) is 0 Å². The van der Waals surface area contributed by atoms with Gasteiger partial charge in [-0.25, -0.2) is 8.42 Å². The Kier molecular flexibility index (Phi) is 4.91. The van der Waals surface area contributed by atoms with Crippen molar-refractivity contribution in [1.82, 2.24) is 4.31 Å². The summed E-state index contributed by atoms with van der Waals surface area (Å²) < 4.78 is 26.8. The van der Waals surface area contributed by atoms with Crippen molar-refractivity contribution in [2.24, 2.45) is 0 Å². The Morgan fingerprint density at radius 2 is 2.00 bits per heavy atom. The molecule has 0 bridgehead atoms. The normalized spacial score (nSPS) is 16.5. The van der Waals surface area contributed by atoms with E-state index in [0.717, 1.165) is 17.1 Å². The lowest BCUT2D eigenvalue weighted by Gasteiger charge is -2.27. The summed E-state index contributed by atoms with van der Waals surface area (Å²) in [6.45, 7) is 1.16. The van der Waals surface area contributed by atoms with Gasteiger partial charge in [0.2, 0.25) is 10.0 Å². The Labute approximate surface area is 129 Å². The average molecular weight is 332 g/mol. The van der Waals surface area contributed by atoms with Gasteiger partial charge in [0.1, 0.15) is 6.54 Å². The number of hydrogen-bond donors (Lipinski definition) is 1. The molecule has 0 aliphatic heterocycles. The minimum absolute atomic E-state index is 0.0862. The molecule has 1 aliphatic carbocycles. The molecule has 0 radical (unpaired) electrons. The van der Waals surface area contributed by atoms with Crippen LogP contribution in [0.2, 0.25) is 5.02 Å². The summed E-state index contributed by atoms with van der Waals surface area (Å²) in [6, 6.07) is 4.38. The van der Waals surface area contributed by atoms with Gasteiger partial charge < -0.3 is 5.11 Å². The zero-order valence-corrected chi connectivity index (χ0v) is 13.3. The number of hydrogen-bond acceptors (Lipinski definition) is 3. The van der Waals surface area contributed by atoms with Gasteiger partial charge in [-0.1, -0.05) is 30.5 Å². The first-order valence-electron chi connectivity index (χ1n) is 6.82. The number of carbonyl (C=O) groups is 1. The molecule has 0 atom stereocenters. The lowest BCUT2D eigenvalue weighted by molar-refractivity contribution is -0.137. The fraction of sp³-hybridized carbons (Fsp3) is 0.500. The van der Waals surface area contributed by atoms with Crippen LogP contribution < -0.4 is 0 Å². The number of aliphatic carboxylic acids is 1. The summed E-state index contributed by atoms with van der Waals surface area (Å²) in [7, 11) is -3.86.